The Hall–Kier alpha value is -0.350. The predicted molar refractivity (Wildman–Crippen MR) is 82.2 cm³/mol. The largest absolute Gasteiger partial charge is 0.0690 e. The minimum Gasteiger partial charge on any atom is -0.0690 e. The van der Waals surface area contributed by atoms with Gasteiger partial charge >= 0.3 is 0 Å². The zero-order chi connectivity index (χ0) is 12.4. The van der Waals surface area contributed by atoms with Gasteiger partial charge in [-0.2, -0.15) is 0 Å². The van der Waals surface area contributed by atoms with Crippen LogP contribution in [0.15, 0.2) is 24.3 Å². The van der Waals surface area contributed by atoms with Gasteiger partial charge in [-0.15, -0.1) is 0 Å². The minimum absolute atomic E-state index is 0.130. The van der Waals surface area contributed by atoms with E-state index in [9.17, 15) is 0 Å². The molecule has 1 aromatic carbocycles. The van der Waals surface area contributed by atoms with E-state index in [1.54, 1.807) is 5.30 Å². The smallest absolute Gasteiger partial charge is 0.0166 e. The molecule has 2 aliphatic rings. The highest BCUT2D eigenvalue weighted by molar-refractivity contribution is 7.67. The van der Waals surface area contributed by atoms with Gasteiger partial charge in [0.1, 0.15) is 0 Å². The summed E-state index contributed by atoms with van der Waals surface area (Å²) in [6.07, 6.45) is 12.0. The summed E-state index contributed by atoms with van der Waals surface area (Å²) in [6.45, 7) is 2.21. The van der Waals surface area contributed by atoms with E-state index in [1.807, 2.05) is 0 Å². The van der Waals surface area contributed by atoms with E-state index in [2.05, 4.69) is 31.2 Å². The molecule has 1 aromatic rings. The first-order valence-electron chi connectivity index (χ1n) is 7.69. The lowest BCUT2D eigenvalue weighted by Crippen LogP contribution is -2.19. The van der Waals surface area contributed by atoms with Crippen LogP contribution in [0.5, 0.6) is 0 Å². The number of benzene rings is 1. The van der Waals surface area contributed by atoms with Crippen molar-refractivity contribution >= 4 is 13.2 Å². The molecule has 0 nitrogen and oxygen atoms in total. The van der Waals surface area contributed by atoms with Gasteiger partial charge in [0.05, 0.1) is 0 Å². The maximum Gasteiger partial charge on any atom is -0.0166 e. The molecule has 0 atom stereocenters. The molecule has 2 aliphatic carbocycles. The van der Waals surface area contributed by atoms with Gasteiger partial charge in [-0.1, -0.05) is 63.4 Å². The second-order valence-corrected chi connectivity index (χ2v) is 8.91. The van der Waals surface area contributed by atoms with E-state index in [0.29, 0.717) is 0 Å². The second-order valence-electron chi connectivity index (χ2n) is 6.12. The molecule has 0 aliphatic heterocycles. The maximum absolute atomic E-state index is 2.44. The van der Waals surface area contributed by atoms with Gasteiger partial charge in [0.25, 0.3) is 0 Å². The van der Waals surface area contributed by atoms with E-state index in [4.69, 9.17) is 0 Å². The van der Waals surface area contributed by atoms with Crippen LogP contribution in [0.4, 0.5) is 0 Å². The van der Waals surface area contributed by atoms with Crippen LogP contribution in [0.25, 0.3) is 0 Å². The molecule has 2 fully saturated rings. The first-order chi connectivity index (χ1) is 8.84. The Kier molecular flexibility index (Phi) is 4.04. The van der Waals surface area contributed by atoms with Crippen molar-refractivity contribution in [1.29, 1.82) is 0 Å². The molecular formula is C17H25P. The summed E-state index contributed by atoms with van der Waals surface area (Å²) in [7, 11) is 0.130. The van der Waals surface area contributed by atoms with Gasteiger partial charge in [0, 0.05) is 0 Å². The predicted octanol–water partition coefficient (Wildman–Crippen LogP) is 4.99. The Morgan fingerprint density at radius 2 is 1.22 bits per heavy atom. The zero-order valence-corrected chi connectivity index (χ0v) is 12.5. The molecule has 0 bridgehead atoms. The molecule has 0 aromatic heterocycles. The molecule has 0 spiro atoms. The monoisotopic (exact) mass is 260 g/mol. The van der Waals surface area contributed by atoms with Crippen molar-refractivity contribution in [3.05, 3.63) is 29.8 Å². The molecule has 1 heteroatoms. The van der Waals surface area contributed by atoms with Gasteiger partial charge in [0.15, 0.2) is 0 Å². The molecule has 2 saturated carbocycles. The number of aryl methyl sites for hydroxylation is 1. The Morgan fingerprint density at radius 3 is 1.67 bits per heavy atom. The Morgan fingerprint density at radius 1 is 0.778 bits per heavy atom. The first kappa shape index (κ1) is 12.7. The molecule has 0 N–H and O–H groups in total. The molecular weight excluding hydrogens is 235 g/mol. The minimum atomic E-state index is 0.130. The van der Waals surface area contributed by atoms with Crippen molar-refractivity contribution in [2.75, 3.05) is 0 Å². The van der Waals surface area contributed by atoms with E-state index in [0.717, 1.165) is 11.3 Å². The molecule has 0 radical (unpaired) electrons. The molecule has 0 amide bonds. The van der Waals surface area contributed by atoms with Gasteiger partial charge in [-0.3, -0.25) is 0 Å². The summed E-state index contributed by atoms with van der Waals surface area (Å²) in [5.74, 6) is 0. The normalized spacial score (nSPS) is 22.1. The summed E-state index contributed by atoms with van der Waals surface area (Å²) in [4.78, 5) is 0. The molecule has 0 unspecified atom stereocenters. The van der Waals surface area contributed by atoms with Crippen molar-refractivity contribution in [2.45, 2.75) is 69.6 Å². The molecule has 0 saturated heterocycles. The van der Waals surface area contributed by atoms with Crippen LogP contribution >= 0.6 is 7.92 Å². The van der Waals surface area contributed by atoms with Crippen LogP contribution in [-0.4, -0.2) is 11.3 Å². The van der Waals surface area contributed by atoms with Gasteiger partial charge in [-0.05, 0) is 49.2 Å². The highest BCUT2D eigenvalue weighted by atomic mass is 31.1. The second kappa shape index (κ2) is 5.74. The van der Waals surface area contributed by atoms with Gasteiger partial charge < -0.3 is 0 Å². The fourth-order valence-electron chi connectivity index (χ4n) is 3.80. The first-order valence-corrected chi connectivity index (χ1v) is 9.17. The fourth-order valence-corrected chi connectivity index (χ4v) is 7.58. The van der Waals surface area contributed by atoms with Crippen molar-refractivity contribution in [3.63, 3.8) is 0 Å². The lowest BCUT2D eigenvalue weighted by Gasteiger charge is -2.30. The van der Waals surface area contributed by atoms with Gasteiger partial charge in [0.2, 0.25) is 0 Å². The maximum atomic E-state index is 2.44. The summed E-state index contributed by atoms with van der Waals surface area (Å²) in [6, 6.07) is 9.54. The fraction of sp³-hybridized carbons (Fsp3) is 0.647. The third kappa shape index (κ3) is 2.64. The van der Waals surface area contributed by atoms with Crippen LogP contribution in [0.2, 0.25) is 0 Å². The van der Waals surface area contributed by atoms with Crippen LogP contribution in [0.3, 0.4) is 0 Å². The SMILES string of the molecule is Cc1ccc(P(C2CCCC2)C2CCCC2)cc1. The van der Waals surface area contributed by atoms with Crippen LogP contribution < -0.4 is 5.30 Å². The van der Waals surface area contributed by atoms with Crippen LogP contribution in [0.1, 0.15) is 56.9 Å². The summed E-state index contributed by atoms with van der Waals surface area (Å²) < 4.78 is 0. The number of hydrogen-bond acceptors (Lipinski definition) is 0. The average Bonchev–Trinajstić information content (AvgIpc) is 3.06. The highest BCUT2D eigenvalue weighted by Gasteiger charge is 2.33. The highest BCUT2D eigenvalue weighted by Crippen LogP contribution is 2.56. The number of rotatable bonds is 3. The quantitative estimate of drug-likeness (QED) is 0.672. The number of hydrogen-bond donors (Lipinski definition) is 0. The summed E-state index contributed by atoms with van der Waals surface area (Å²) >= 11 is 0. The van der Waals surface area contributed by atoms with Crippen molar-refractivity contribution < 1.29 is 0 Å². The lowest BCUT2D eigenvalue weighted by atomic mass is 10.2. The van der Waals surface area contributed by atoms with Gasteiger partial charge in [-0.25, -0.2) is 0 Å². The van der Waals surface area contributed by atoms with E-state index in [1.165, 1.54) is 56.9 Å². The Balaban J connectivity index is 1.85. The van der Waals surface area contributed by atoms with E-state index >= 15 is 0 Å². The standard InChI is InChI=1S/C17H25P/c1-14-10-12-17(13-11-14)18(15-6-2-3-7-15)16-8-4-5-9-16/h10-13,15-16H,2-9H2,1H3. The van der Waals surface area contributed by atoms with Crippen molar-refractivity contribution in [1.82, 2.24) is 0 Å². The van der Waals surface area contributed by atoms with E-state index < -0.39 is 0 Å². The van der Waals surface area contributed by atoms with Crippen LogP contribution in [0, 0.1) is 6.92 Å². The Bertz CT molecular complexity index is 353. The third-order valence-corrected chi connectivity index (χ3v) is 8.27. The third-order valence-electron chi connectivity index (χ3n) is 4.77. The van der Waals surface area contributed by atoms with E-state index in [-0.39, 0.29) is 7.92 Å². The van der Waals surface area contributed by atoms with Crippen LogP contribution in [-0.2, 0) is 0 Å². The molecule has 3 rings (SSSR count). The topological polar surface area (TPSA) is 0 Å². The Labute approximate surface area is 113 Å². The molecule has 98 valence electrons. The molecule has 0 heterocycles. The van der Waals surface area contributed by atoms with Crippen molar-refractivity contribution in [2.24, 2.45) is 0 Å². The summed E-state index contributed by atoms with van der Waals surface area (Å²) in [5, 5.41) is 1.70. The molecule has 18 heavy (non-hydrogen) atoms. The zero-order valence-electron chi connectivity index (χ0n) is 11.6. The van der Waals surface area contributed by atoms with Crippen molar-refractivity contribution in [3.8, 4) is 0 Å². The average molecular weight is 260 g/mol. The summed E-state index contributed by atoms with van der Waals surface area (Å²) in [5.41, 5.74) is 3.50. The lowest BCUT2D eigenvalue weighted by molar-refractivity contribution is 0.835.